The summed E-state index contributed by atoms with van der Waals surface area (Å²) in [6, 6.07) is -0.342. The van der Waals surface area contributed by atoms with Crippen molar-refractivity contribution in [2.45, 2.75) is 57.0 Å². The number of carbonyl (C=O) groups is 2. The summed E-state index contributed by atoms with van der Waals surface area (Å²) in [7, 11) is 0. The summed E-state index contributed by atoms with van der Waals surface area (Å²) >= 11 is 0. The van der Waals surface area contributed by atoms with Crippen molar-refractivity contribution in [3.8, 4) is 0 Å². The smallest absolute Gasteiger partial charge is 0.317 e. The first-order valence-corrected chi connectivity index (χ1v) is 10.4. The fourth-order valence-electron chi connectivity index (χ4n) is 4.04. The molecule has 9 nitrogen and oxygen atoms in total. The van der Waals surface area contributed by atoms with Crippen LogP contribution in [0.15, 0.2) is 0 Å². The maximum atomic E-state index is 12.6. The van der Waals surface area contributed by atoms with Crippen LogP contribution in [0.4, 0.5) is 4.79 Å². The van der Waals surface area contributed by atoms with Crippen molar-refractivity contribution in [3.05, 3.63) is 0 Å². The Morgan fingerprint density at radius 3 is 2.68 bits per heavy atom. The number of aliphatic hydroxyl groups excluding tert-OH is 1. The van der Waals surface area contributed by atoms with Crippen molar-refractivity contribution in [2.24, 2.45) is 0 Å². The maximum absolute atomic E-state index is 12.6. The van der Waals surface area contributed by atoms with E-state index in [9.17, 15) is 14.7 Å². The van der Waals surface area contributed by atoms with Crippen LogP contribution >= 0.6 is 0 Å². The standard InChI is InChI=1S/C19H33N3O6/c1-2-5-20-19(25)22-11-14(23)12-27-13-17-16(22)4-3-15(28-17)10-18(24)21-6-8-26-9-7-21/h14-17,23H,2-13H2,1H3,(H,20,25)/t14-,15+,16-,17+/m0/s1. The van der Waals surface area contributed by atoms with Crippen molar-refractivity contribution in [2.75, 3.05) is 52.6 Å². The van der Waals surface area contributed by atoms with Gasteiger partial charge in [-0.15, -0.1) is 0 Å². The molecule has 0 aromatic heterocycles. The van der Waals surface area contributed by atoms with E-state index in [1.54, 1.807) is 4.90 Å². The summed E-state index contributed by atoms with van der Waals surface area (Å²) in [6.07, 6.45) is 1.43. The Morgan fingerprint density at radius 1 is 1.14 bits per heavy atom. The van der Waals surface area contributed by atoms with E-state index in [1.807, 2.05) is 11.8 Å². The van der Waals surface area contributed by atoms with Gasteiger partial charge in [0.15, 0.2) is 0 Å². The van der Waals surface area contributed by atoms with Crippen molar-refractivity contribution in [3.63, 3.8) is 0 Å². The van der Waals surface area contributed by atoms with Gasteiger partial charge in [-0.25, -0.2) is 4.79 Å². The van der Waals surface area contributed by atoms with E-state index in [2.05, 4.69) is 5.32 Å². The summed E-state index contributed by atoms with van der Waals surface area (Å²) in [6.45, 7) is 5.71. The van der Waals surface area contributed by atoms with Crippen molar-refractivity contribution < 1.29 is 28.9 Å². The summed E-state index contributed by atoms with van der Waals surface area (Å²) in [5, 5.41) is 13.0. The molecule has 0 saturated carbocycles. The molecule has 4 atom stereocenters. The van der Waals surface area contributed by atoms with Gasteiger partial charge in [0.05, 0.1) is 57.6 Å². The lowest BCUT2D eigenvalue weighted by Gasteiger charge is -2.44. The van der Waals surface area contributed by atoms with Gasteiger partial charge in [0, 0.05) is 19.6 Å². The summed E-state index contributed by atoms with van der Waals surface area (Å²) in [4.78, 5) is 28.7. The molecule has 160 valence electrons. The van der Waals surface area contributed by atoms with Gasteiger partial charge in [0.2, 0.25) is 5.91 Å². The molecule has 0 aromatic carbocycles. The van der Waals surface area contributed by atoms with Crippen LogP contribution in [0.1, 0.15) is 32.6 Å². The average Bonchev–Trinajstić information content (AvgIpc) is 2.70. The number of aliphatic hydroxyl groups is 1. The molecular weight excluding hydrogens is 366 g/mol. The minimum Gasteiger partial charge on any atom is -0.389 e. The molecule has 3 saturated heterocycles. The monoisotopic (exact) mass is 399 g/mol. The molecule has 3 amide bonds. The number of hydrogen-bond acceptors (Lipinski definition) is 6. The van der Waals surface area contributed by atoms with Gasteiger partial charge in [0.1, 0.15) is 6.10 Å². The van der Waals surface area contributed by atoms with Crippen LogP contribution in [0.5, 0.6) is 0 Å². The van der Waals surface area contributed by atoms with Crippen molar-refractivity contribution in [1.29, 1.82) is 0 Å². The second-order valence-electron chi connectivity index (χ2n) is 7.71. The largest absolute Gasteiger partial charge is 0.389 e. The predicted octanol–water partition coefficient (Wildman–Crippen LogP) is -0.0358. The number of urea groups is 1. The second-order valence-corrected chi connectivity index (χ2v) is 7.71. The van der Waals surface area contributed by atoms with Gasteiger partial charge < -0.3 is 34.4 Å². The lowest BCUT2D eigenvalue weighted by atomic mass is 9.94. The quantitative estimate of drug-likeness (QED) is 0.688. The third kappa shape index (κ3) is 5.56. The number of ether oxygens (including phenoxy) is 3. The molecule has 0 bridgehead atoms. The Hall–Kier alpha value is -1.42. The molecule has 0 aromatic rings. The fourth-order valence-corrected chi connectivity index (χ4v) is 4.04. The number of nitrogens with one attached hydrogen (secondary N) is 1. The SMILES string of the molecule is CCCNC(=O)N1C[C@H](O)COC[C@H]2O[C@@H](CC(=O)N3CCOCC3)CC[C@@H]21. The minimum absolute atomic E-state index is 0.0893. The fraction of sp³-hybridized carbons (Fsp3) is 0.895. The summed E-state index contributed by atoms with van der Waals surface area (Å²) < 4.78 is 17.1. The van der Waals surface area contributed by atoms with E-state index in [1.165, 1.54) is 0 Å². The molecule has 28 heavy (non-hydrogen) atoms. The van der Waals surface area contributed by atoms with Crippen LogP contribution in [-0.2, 0) is 19.0 Å². The second kappa shape index (κ2) is 10.4. The number of β-amino-alcohol motifs (C(OH)–C–C–N with tert-alkyl or cyclic N) is 1. The van der Waals surface area contributed by atoms with Crippen LogP contribution in [0.2, 0.25) is 0 Å². The molecule has 3 rings (SSSR count). The number of nitrogens with zero attached hydrogens (tertiary/aromatic N) is 2. The number of hydrogen-bond donors (Lipinski definition) is 2. The zero-order valence-electron chi connectivity index (χ0n) is 16.7. The average molecular weight is 399 g/mol. The van der Waals surface area contributed by atoms with Crippen molar-refractivity contribution in [1.82, 2.24) is 15.1 Å². The summed E-state index contributed by atoms with van der Waals surface area (Å²) in [5.74, 6) is 0.0893. The van der Waals surface area contributed by atoms with Crippen LogP contribution in [0.3, 0.4) is 0 Å². The van der Waals surface area contributed by atoms with Crippen molar-refractivity contribution >= 4 is 11.9 Å². The first kappa shape index (κ1) is 21.3. The highest BCUT2D eigenvalue weighted by atomic mass is 16.5. The number of morpholine rings is 1. The Labute approximate surface area is 166 Å². The molecule has 3 heterocycles. The van der Waals surface area contributed by atoms with Gasteiger partial charge in [-0.2, -0.15) is 0 Å². The number of rotatable bonds is 4. The lowest BCUT2D eigenvalue weighted by Crippen LogP contribution is -2.59. The molecule has 9 heteroatoms. The van der Waals surface area contributed by atoms with E-state index in [-0.39, 0.29) is 43.3 Å². The third-order valence-electron chi connectivity index (χ3n) is 5.53. The Kier molecular flexibility index (Phi) is 7.90. The van der Waals surface area contributed by atoms with Gasteiger partial charge in [-0.05, 0) is 19.3 Å². The van der Waals surface area contributed by atoms with Crippen LogP contribution in [0.25, 0.3) is 0 Å². The minimum atomic E-state index is -0.714. The van der Waals surface area contributed by atoms with E-state index < -0.39 is 6.10 Å². The van der Waals surface area contributed by atoms with Gasteiger partial charge in [0.25, 0.3) is 0 Å². The normalized spacial score (nSPS) is 31.5. The number of amides is 3. The molecule has 0 radical (unpaired) electrons. The maximum Gasteiger partial charge on any atom is 0.317 e. The van der Waals surface area contributed by atoms with Crippen LogP contribution < -0.4 is 5.32 Å². The first-order chi connectivity index (χ1) is 13.6. The Morgan fingerprint density at radius 2 is 1.93 bits per heavy atom. The van der Waals surface area contributed by atoms with Gasteiger partial charge >= 0.3 is 6.03 Å². The van der Waals surface area contributed by atoms with E-state index in [4.69, 9.17) is 14.2 Å². The molecule has 3 aliphatic rings. The van der Waals surface area contributed by atoms with Crippen LogP contribution in [-0.4, -0.2) is 104 Å². The Balaban J connectivity index is 1.60. The molecule has 0 unspecified atom stereocenters. The molecule has 3 fully saturated rings. The number of fused-ring (bicyclic) bond motifs is 1. The van der Waals surface area contributed by atoms with E-state index >= 15 is 0 Å². The van der Waals surface area contributed by atoms with E-state index in [0.717, 1.165) is 12.8 Å². The highest BCUT2D eigenvalue weighted by Gasteiger charge is 2.40. The zero-order valence-corrected chi connectivity index (χ0v) is 16.7. The molecule has 3 aliphatic heterocycles. The predicted molar refractivity (Wildman–Crippen MR) is 101 cm³/mol. The highest BCUT2D eigenvalue weighted by Crippen LogP contribution is 2.28. The zero-order chi connectivity index (χ0) is 19.9. The third-order valence-corrected chi connectivity index (χ3v) is 5.53. The molecule has 2 N–H and O–H groups in total. The summed E-state index contributed by atoms with van der Waals surface area (Å²) in [5.41, 5.74) is 0. The number of carbonyl (C=O) groups excluding carboxylic acids is 2. The first-order valence-electron chi connectivity index (χ1n) is 10.4. The molecule has 0 spiro atoms. The van der Waals surface area contributed by atoms with Gasteiger partial charge in [-0.1, -0.05) is 6.92 Å². The highest BCUT2D eigenvalue weighted by molar-refractivity contribution is 5.77. The molecule has 0 aliphatic carbocycles. The topological polar surface area (TPSA) is 101 Å². The van der Waals surface area contributed by atoms with Gasteiger partial charge in [-0.3, -0.25) is 4.79 Å². The van der Waals surface area contributed by atoms with Crippen LogP contribution in [0, 0.1) is 0 Å². The molecular formula is C19H33N3O6. The van der Waals surface area contributed by atoms with E-state index in [0.29, 0.717) is 52.3 Å². The Bertz CT molecular complexity index is 528. The lowest BCUT2D eigenvalue weighted by molar-refractivity contribution is -0.156.